The number of nitrogens with zero attached hydrogens (tertiary/aromatic N) is 3. The van der Waals surface area contributed by atoms with E-state index in [1.165, 1.54) is 11.3 Å². The second-order valence-corrected chi connectivity index (χ2v) is 9.60. The zero-order chi connectivity index (χ0) is 25.5. The van der Waals surface area contributed by atoms with Crippen LogP contribution in [0.2, 0.25) is 0 Å². The van der Waals surface area contributed by atoms with Crippen LogP contribution in [0, 0.1) is 5.92 Å². The van der Waals surface area contributed by atoms with Crippen LogP contribution in [0.1, 0.15) is 100 Å². The molecule has 4 aromatic heterocycles. The maximum absolute atomic E-state index is 11.1. The maximum Gasteiger partial charge on any atom is 0.200 e. The SMILES string of the molecule is CC(C)C(=O)c1ccco1.CC(C)c1ccno1.CC(C)c1ccon1.CC(C)c1nccs1. The van der Waals surface area contributed by atoms with Crippen LogP contribution in [0.25, 0.3) is 0 Å². The minimum atomic E-state index is 0.0196. The zero-order valence-electron chi connectivity index (χ0n) is 21.4. The maximum atomic E-state index is 11.1. The summed E-state index contributed by atoms with van der Waals surface area (Å²) in [7, 11) is 0. The fourth-order valence-corrected chi connectivity index (χ4v) is 2.92. The molecule has 0 aliphatic carbocycles. The highest BCUT2D eigenvalue weighted by molar-refractivity contribution is 7.09. The van der Waals surface area contributed by atoms with Crippen molar-refractivity contribution in [1.29, 1.82) is 0 Å². The third-order valence-electron chi connectivity index (χ3n) is 4.31. The molecular weight excluding hydrogens is 450 g/mol. The van der Waals surface area contributed by atoms with E-state index in [1.54, 1.807) is 35.9 Å². The molecule has 0 fully saturated rings. The van der Waals surface area contributed by atoms with Gasteiger partial charge in [0.1, 0.15) is 12.0 Å². The molecule has 0 amide bonds. The highest BCUT2D eigenvalue weighted by atomic mass is 32.1. The van der Waals surface area contributed by atoms with Crippen molar-refractivity contribution in [2.45, 2.75) is 73.1 Å². The zero-order valence-corrected chi connectivity index (χ0v) is 22.2. The summed E-state index contributed by atoms with van der Waals surface area (Å²) >= 11 is 1.72. The van der Waals surface area contributed by atoms with Crippen molar-refractivity contribution < 1.29 is 18.3 Å². The first-order chi connectivity index (χ1) is 16.1. The first-order valence-corrected chi connectivity index (χ1v) is 12.3. The van der Waals surface area contributed by atoms with E-state index < -0.39 is 0 Å². The molecule has 4 heterocycles. The van der Waals surface area contributed by atoms with Gasteiger partial charge in [-0.05, 0) is 18.1 Å². The lowest BCUT2D eigenvalue weighted by molar-refractivity contribution is 0.0911. The molecule has 0 atom stereocenters. The molecular formula is C26H37N3O4S. The van der Waals surface area contributed by atoms with Gasteiger partial charge in [0.25, 0.3) is 0 Å². The van der Waals surface area contributed by atoms with Crippen molar-refractivity contribution >= 4 is 17.1 Å². The summed E-state index contributed by atoms with van der Waals surface area (Å²) in [6, 6.07) is 7.16. The molecule has 0 aliphatic heterocycles. The summed E-state index contributed by atoms with van der Waals surface area (Å²) in [5, 5.41) is 10.5. The molecule has 0 radical (unpaired) electrons. The molecule has 186 valence electrons. The van der Waals surface area contributed by atoms with Gasteiger partial charge in [-0.3, -0.25) is 4.79 Å². The van der Waals surface area contributed by atoms with E-state index in [0.717, 1.165) is 11.5 Å². The van der Waals surface area contributed by atoms with E-state index in [9.17, 15) is 4.79 Å². The second kappa shape index (κ2) is 15.8. The van der Waals surface area contributed by atoms with Gasteiger partial charge in [0.05, 0.1) is 23.2 Å². The minimum Gasteiger partial charge on any atom is -0.461 e. The molecule has 0 spiro atoms. The molecule has 0 aliphatic rings. The van der Waals surface area contributed by atoms with Gasteiger partial charge in [0.2, 0.25) is 0 Å². The van der Waals surface area contributed by atoms with Crippen molar-refractivity contribution in [2.75, 3.05) is 0 Å². The topological polar surface area (TPSA) is 95.2 Å². The number of hydrogen-bond acceptors (Lipinski definition) is 8. The molecule has 4 rings (SSSR count). The Morgan fingerprint density at radius 2 is 1.62 bits per heavy atom. The number of ketones is 1. The van der Waals surface area contributed by atoms with E-state index in [1.807, 2.05) is 37.6 Å². The van der Waals surface area contributed by atoms with Gasteiger partial charge in [-0.2, -0.15) is 0 Å². The van der Waals surface area contributed by atoms with Gasteiger partial charge in [-0.25, -0.2) is 4.98 Å². The number of Topliss-reactive ketones (excluding diaryl/α,β-unsaturated/α-hetero) is 1. The van der Waals surface area contributed by atoms with Crippen LogP contribution in [0.4, 0.5) is 0 Å². The monoisotopic (exact) mass is 487 g/mol. The molecule has 8 heteroatoms. The Labute approximate surface area is 206 Å². The number of hydrogen-bond donors (Lipinski definition) is 0. The largest absolute Gasteiger partial charge is 0.461 e. The van der Waals surface area contributed by atoms with Crippen LogP contribution in [-0.2, 0) is 0 Å². The lowest BCUT2D eigenvalue weighted by Crippen LogP contribution is -2.05. The van der Waals surface area contributed by atoms with Crippen LogP contribution >= 0.6 is 11.3 Å². The molecule has 4 aromatic rings. The van der Waals surface area contributed by atoms with Gasteiger partial charge in [0.15, 0.2) is 11.5 Å². The number of carbonyl (C=O) groups excluding carboxylic acids is 1. The third kappa shape index (κ3) is 11.2. The number of thiazole rings is 1. The summed E-state index contributed by atoms with van der Waals surface area (Å²) < 4.78 is 14.4. The van der Waals surface area contributed by atoms with Crippen molar-refractivity contribution in [1.82, 2.24) is 15.3 Å². The standard InChI is InChI=1S/C8H10O2.2C6H9NO.C6H9NS/c1-6(2)8(9)7-4-3-5-10-7;1-5(2)6-3-4-8-7-6;1-5(2)6-3-4-7-8-6;1-5(2)6-7-3-4-8-6/h3-6H,1-2H3;3*3-5H,1-2H3. The van der Waals surface area contributed by atoms with Gasteiger partial charge in [0, 0.05) is 41.5 Å². The molecule has 7 nitrogen and oxygen atoms in total. The quantitative estimate of drug-likeness (QED) is 0.263. The fourth-order valence-electron chi connectivity index (χ4n) is 2.27. The first kappa shape index (κ1) is 29.0. The van der Waals surface area contributed by atoms with E-state index in [-0.39, 0.29) is 11.7 Å². The van der Waals surface area contributed by atoms with Crippen LogP contribution < -0.4 is 0 Å². The number of carbonyl (C=O) groups is 1. The predicted molar refractivity (Wildman–Crippen MR) is 135 cm³/mol. The molecule has 0 unspecified atom stereocenters. The van der Waals surface area contributed by atoms with Crippen LogP contribution in [-0.4, -0.2) is 21.1 Å². The van der Waals surface area contributed by atoms with Crippen molar-refractivity contribution in [3.8, 4) is 0 Å². The Hall–Kier alpha value is -3.00. The number of furan rings is 1. The molecule has 0 saturated carbocycles. The molecule has 0 saturated heterocycles. The smallest absolute Gasteiger partial charge is 0.200 e. The summed E-state index contributed by atoms with van der Waals surface area (Å²) in [4.78, 5) is 15.2. The summed E-state index contributed by atoms with van der Waals surface area (Å²) in [6.45, 7) is 16.3. The number of aromatic nitrogens is 3. The lowest BCUT2D eigenvalue weighted by atomic mass is 10.1. The van der Waals surface area contributed by atoms with Gasteiger partial charge >= 0.3 is 0 Å². The highest BCUT2D eigenvalue weighted by Crippen LogP contribution is 2.15. The van der Waals surface area contributed by atoms with E-state index in [2.05, 4.69) is 61.4 Å². The van der Waals surface area contributed by atoms with Gasteiger partial charge in [-0.15, -0.1) is 11.3 Å². The average molecular weight is 488 g/mol. The Balaban J connectivity index is 0.000000228. The Kier molecular flexibility index (Phi) is 13.5. The number of rotatable bonds is 5. The van der Waals surface area contributed by atoms with Gasteiger partial charge in [-0.1, -0.05) is 65.7 Å². The average Bonchev–Trinajstić information content (AvgIpc) is 3.63. The molecule has 0 aromatic carbocycles. The highest BCUT2D eigenvalue weighted by Gasteiger charge is 2.11. The predicted octanol–water partition coefficient (Wildman–Crippen LogP) is 7.98. The van der Waals surface area contributed by atoms with Crippen molar-refractivity contribution in [2.24, 2.45) is 5.92 Å². The van der Waals surface area contributed by atoms with E-state index in [4.69, 9.17) is 8.94 Å². The van der Waals surface area contributed by atoms with Crippen LogP contribution in [0.15, 0.2) is 68.0 Å². The summed E-state index contributed by atoms with van der Waals surface area (Å²) in [5.74, 6) is 3.01. The van der Waals surface area contributed by atoms with Crippen molar-refractivity contribution in [3.63, 3.8) is 0 Å². The van der Waals surface area contributed by atoms with Crippen LogP contribution in [0.3, 0.4) is 0 Å². The molecule has 34 heavy (non-hydrogen) atoms. The minimum absolute atomic E-state index is 0.0196. The normalized spacial score (nSPS) is 10.4. The molecule has 0 N–H and O–H groups in total. The Morgan fingerprint density at radius 1 is 0.882 bits per heavy atom. The van der Waals surface area contributed by atoms with Gasteiger partial charge < -0.3 is 13.5 Å². The summed E-state index contributed by atoms with van der Waals surface area (Å²) in [6.07, 6.45) is 6.61. The molecule has 0 bridgehead atoms. The van der Waals surface area contributed by atoms with E-state index in [0.29, 0.717) is 23.5 Å². The van der Waals surface area contributed by atoms with E-state index >= 15 is 0 Å². The lowest BCUT2D eigenvalue weighted by Gasteiger charge is -1.97. The first-order valence-electron chi connectivity index (χ1n) is 11.4. The van der Waals surface area contributed by atoms with Crippen LogP contribution in [0.5, 0.6) is 0 Å². The third-order valence-corrected chi connectivity index (χ3v) is 5.39. The fraction of sp³-hybridized carbons (Fsp3) is 0.462. The van der Waals surface area contributed by atoms with Crippen molar-refractivity contribution in [3.05, 3.63) is 76.8 Å². The summed E-state index contributed by atoms with van der Waals surface area (Å²) in [5.41, 5.74) is 1.02. The Bertz CT molecular complexity index is 882. The Morgan fingerprint density at radius 3 is 1.91 bits per heavy atom. The second-order valence-electron chi connectivity index (χ2n) is 8.67.